The lowest BCUT2D eigenvalue weighted by molar-refractivity contribution is 0.284. The van der Waals surface area contributed by atoms with Crippen molar-refractivity contribution in [1.29, 1.82) is 0 Å². The third kappa shape index (κ3) is 4.87. The zero-order valence-corrected chi connectivity index (χ0v) is 12.0. The van der Waals surface area contributed by atoms with Gasteiger partial charge in [-0.25, -0.2) is 4.98 Å². The molecule has 0 saturated heterocycles. The fourth-order valence-corrected chi connectivity index (χ4v) is 1.44. The lowest BCUT2D eigenvalue weighted by Gasteiger charge is -2.20. The highest BCUT2D eigenvalue weighted by Gasteiger charge is 2.05. The van der Waals surface area contributed by atoms with Crippen LogP contribution in [0.25, 0.3) is 0 Å². The van der Waals surface area contributed by atoms with E-state index >= 15 is 0 Å². The molecular formula is C13H24N4O. The zero-order valence-electron chi connectivity index (χ0n) is 12.0. The number of ether oxygens (including phenoxy) is 1. The predicted octanol–water partition coefficient (Wildman–Crippen LogP) is 1.94. The van der Waals surface area contributed by atoms with Crippen molar-refractivity contribution in [3.8, 4) is 5.88 Å². The first kappa shape index (κ1) is 14.7. The van der Waals surface area contributed by atoms with Crippen molar-refractivity contribution in [2.75, 3.05) is 32.1 Å². The summed E-state index contributed by atoms with van der Waals surface area (Å²) in [6.07, 6.45) is 0. The Morgan fingerprint density at radius 1 is 1.39 bits per heavy atom. The summed E-state index contributed by atoms with van der Waals surface area (Å²) in [5.41, 5.74) is 0.910. The molecule has 5 heteroatoms. The average molecular weight is 252 g/mol. The summed E-state index contributed by atoms with van der Waals surface area (Å²) in [6.45, 7) is 10.6. The van der Waals surface area contributed by atoms with Crippen LogP contribution in [0.5, 0.6) is 5.88 Å². The summed E-state index contributed by atoms with van der Waals surface area (Å²) in [4.78, 5) is 10.9. The fourth-order valence-electron chi connectivity index (χ4n) is 1.44. The molecule has 0 bridgehead atoms. The minimum atomic E-state index is 0.546. The number of rotatable bonds is 7. The normalized spacial score (nSPS) is 11.1. The van der Waals surface area contributed by atoms with Crippen molar-refractivity contribution in [3.63, 3.8) is 0 Å². The molecule has 0 aromatic carbocycles. The van der Waals surface area contributed by atoms with Crippen LogP contribution >= 0.6 is 0 Å². The molecule has 0 atom stereocenters. The second-order valence-electron chi connectivity index (χ2n) is 4.61. The van der Waals surface area contributed by atoms with Gasteiger partial charge in [0.1, 0.15) is 0 Å². The Morgan fingerprint density at radius 3 is 2.72 bits per heavy atom. The Kier molecular flexibility index (Phi) is 5.85. The number of nitrogens with one attached hydrogen (secondary N) is 1. The van der Waals surface area contributed by atoms with Crippen LogP contribution in [0.1, 0.15) is 26.5 Å². The van der Waals surface area contributed by atoms with E-state index < -0.39 is 0 Å². The molecule has 1 aromatic heterocycles. The SMILES string of the molecule is CCOc1cc(C)nc(NCCN(C)C(C)C)n1. The zero-order chi connectivity index (χ0) is 13.5. The highest BCUT2D eigenvalue weighted by Crippen LogP contribution is 2.11. The molecule has 0 saturated carbocycles. The molecule has 5 nitrogen and oxygen atoms in total. The molecule has 0 unspecified atom stereocenters. The maximum absolute atomic E-state index is 5.39. The second kappa shape index (κ2) is 7.16. The van der Waals surface area contributed by atoms with E-state index in [9.17, 15) is 0 Å². The Hall–Kier alpha value is -1.36. The molecule has 1 heterocycles. The van der Waals surface area contributed by atoms with Gasteiger partial charge in [0.05, 0.1) is 6.61 Å². The number of likely N-dealkylation sites (N-methyl/N-ethyl adjacent to an activating group) is 1. The van der Waals surface area contributed by atoms with Crippen molar-refractivity contribution in [2.24, 2.45) is 0 Å². The van der Waals surface area contributed by atoms with E-state index in [1.807, 2.05) is 19.9 Å². The largest absolute Gasteiger partial charge is 0.478 e. The molecule has 1 aromatic rings. The minimum Gasteiger partial charge on any atom is -0.478 e. The van der Waals surface area contributed by atoms with Crippen LogP contribution in [0, 0.1) is 6.92 Å². The molecule has 1 rings (SSSR count). The van der Waals surface area contributed by atoms with Gasteiger partial charge in [-0.2, -0.15) is 4.98 Å². The fraction of sp³-hybridized carbons (Fsp3) is 0.692. The minimum absolute atomic E-state index is 0.546. The number of nitrogens with zero attached hydrogens (tertiary/aromatic N) is 3. The van der Waals surface area contributed by atoms with E-state index in [1.54, 1.807) is 0 Å². The first-order valence-electron chi connectivity index (χ1n) is 6.45. The van der Waals surface area contributed by atoms with Gasteiger partial charge in [0.15, 0.2) is 0 Å². The molecule has 102 valence electrons. The van der Waals surface area contributed by atoms with Crippen molar-refractivity contribution >= 4 is 5.95 Å². The van der Waals surface area contributed by atoms with Crippen LogP contribution in [0.2, 0.25) is 0 Å². The van der Waals surface area contributed by atoms with Gasteiger partial charge in [-0.3, -0.25) is 0 Å². The summed E-state index contributed by atoms with van der Waals surface area (Å²) < 4.78 is 5.39. The van der Waals surface area contributed by atoms with Crippen molar-refractivity contribution in [1.82, 2.24) is 14.9 Å². The molecule has 0 aliphatic rings. The first-order chi connectivity index (χ1) is 8.52. The van der Waals surface area contributed by atoms with Crippen LogP contribution in [-0.4, -0.2) is 47.7 Å². The van der Waals surface area contributed by atoms with E-state index in [2.05, 4.69) is 41.1 Å². The Balaban J connectivity index is 2.51. The third-order valence-electron chi connectivity index (χ3n) is 2.75. The van der Waals surface area contributed by atoms with Gasteiger partial charge in [-0.15, -0.1) is 0 Å². The van der Waals surface area contributed by atoms with E-state index in [0.29, 0.717) is 24.5 Å². The lowest BCUT2D eigenvalue weighted by Crippen LogP contribution is -2.31. The molecule has 18 heavy (non-hydrogen) atoms. The van der Waals surface area contributed by atoms with Crippen LogP contribution in [-0.2, 0) is 0 Å². The van der Waals surface area contributed by atoms with E-state index in [4.69, 9.17) is 4.74 Å². The highest BCUT2D eigenvalue weighted by molar-refractivity contribution is 5.30. The molecule has 0 aliphatic heterocycles. The van der Waals surface area contributed by atoms with Crippen molar-refractivity contribution < 1.29 is 4.74 Å². The molecule has 0 fully saturated rings. The average Bonchev–Trinajstić information content (AvgIpc) is 2.28. The van der Waals surface area contributed by atoms with Crippen LogP contribution in [0.3, 0.4) is 0 Å². The smallest absolute Gasteiger partial charge is 0.226 e. The number of hydrogen-bond acceptors (Lipinski definition) is 5. The van der Waals surface area contributed by atoms with Crippen LogP contribution in [0.4, 0.5) is 5.95 Å². The van der Waals surface area contributed by atoms with Gasteiger partial charge >= 0.3 is 0 Å². The van der Waals surface area contributed by atoms with Gasteiger partial charge in [-0.05, 0) is 34.7 Å². The number of anilines is 1. The topological polar surface area (TPSA) is 50.3 Å². The quantitative estimate of drug-likeness (QED) is 0.803. The summed E-state index contributed by atoms with van der Waals surface area (Å²) in [6, 6.07) is 2.39. The molecular weight excluding hydrogens is 228 g/mol. The van der Waals surface area contributed by atoms with Crippen LogP contribution < -0.4 is 10.1 Å². The van der Waals surface area contributed by atoms with Gasteiger partial charge in [0.2, 0.25) is 11.8 Å². The van der Waals surface area contributed by atoms with Gasteiger partial charge in [-0.1, -0.05) is 0 Å². The number of aryl methyl sites for hydroxylation is 1. The predicted molar refractivity (Wildman–Crippen MR) is 74.2 cm³/mol. The van der Waals surface area contributed by atoms with Gasteiger partial charge in [0, 0.05) is 30.9 Å². The van der Waals surface area contributed by atoms with E-state index in [0.717, 1.165) is 18.8 Å². The Morgan fingerprint density at radius 2 is 2.11 bits per heavy atom. The van der Waals surface area contributed by atoms with E-state index in [-0.39, 0.29) is 0 Å². The molecule has 0 radical (unpaired) electrons. The maximum atomic E-state index is 5.39. The standard InChI is InChI=1S/C13H24N4O/c1-6-18-12-9-11(4)15-13(16-12)14-7-8-17(5)10(2)3/h9-10H,6-8H2,1-5H3,(H,14,15,16). The lowest BCUT2D eigenvalue weighted by atomic mass is 10.3. The molecule has 0 spiro atoms. The molecule has 1 N–H and O–H groups in total. The summed E-state index contributed by atoms with van der Waals surface area (Å²) in [5.74, 6) is 1.26. The second-order valence-corrected chi connectivity index (χ2v) is 4.61. The van der Waals surface area contributed by atoms with Crippen molar-refractivity contribution in [2.45, 2.75) is 33.7 Å². The Labute approximate surface area is 110 Å². The van der Waals surface area contributed by atoms with Gasteiger partial charge < -0.3 is 15.0 Å². The Bertz CT molecular complexity index is 368. The summed E-state index contributed by atoms with van der Waals surface area (Å²) >= 11 is 0. The van der Waals surface area contributed by atoms with Crippen molar-refractivity contribution in [3.05, 3.63) is 11.8 Å². The van der Waals surface area contributed by atoms with Crippen LogP contribution in [0.15, 0.2) is 6.07 Å². The summed E-state index contributed by atoms with van der Waals surface area (Å²) in [7, 11) is 2.11. The van der Waals surface area contributed by atoms with Gasteiger partial charge in [0.25, 0.3) is 0 Å². The van der Waals surface area contributed by atoms with E-state index in [1.165, 1.54) is 0 Å². The number of hydrogen-bond donors (Lipinski definition) is 1. The number of aromatic nitrogens is 2. The molecule has 0 amide bonds. The first-order valence-corrected chi connectivity index (χ1v) is 6.45. The summed E-state index contributed by atoms with van der Waals surface area (Å²) in [5, 5.41) is 3.23. The highest BCUT2D eigenvalue weighted by atomic mass is 16.5. The monoisotopic (exact) mass is 252 g/mol. The maximum Gasteiger partial charge on any atom is 0.226 e. The third-order valence-corrected chi connectivity index (χ3v) is 2.75. The molecule has 0 aliphatic carbocycles.